The van der Waals surface area contributed by atoms with Crippen LogP contribution in [0.4, 0.5) is 0 Å². The lowest BCUT2D eigenvalue weighted by Crippen LogP contribution is -2.44. The van der Waals surface area contributed by atoms with E-state index in [9.17, 15) is 9.59 Å². The third kappa shape index (κ3) is 4.23. The number of methoxy groups -OCH3 is 1. The Morgan fingerprint density at radius 2 is 2.07 bits per heavy atom. The lowest BCUT2D eigenvalue weighted by molar-refractivity contribution is -0.134. The molecule has 0 spiro atoms. The molecule has 1 aliphatic carbocycles. The number of carbonyl (C=O) groups is 1. The number of fused-ring (bicyclic) bond motifs is 3. The van der Waals surface area contributed by atoms with Crippen molar-refractivity contribution in [1.29, 1.82) is 0 Å². The Kier molecular flexibility index (Phi) is 6.58. The fraction of sp³-hybridized carbons (Fsp3) is 0.650. The van der Waals surface area contributed by atoms with Crippen molar-refractivity contribution >= 4 is 39.2 Å². The summed E-state index contributed by atoms with van der Waals surface area (Å²) >= 11 is 3.01. The van der Waals surface area contributed by atoms with Crippen LogP contribution in [-0.4, -0.2) is 65.6 Å². The number of aryl methyl sites for hydroxylation is 2. The number of carbonyl (C=O) groups excluding carboxylic acids is 1. The number of hydrogen-bond acceptors (Lipinski definition) is 7. The highest BCUT2D eigenvalue weighted by atomic mass is 32.2. The second-order valence-corrected chi connectivity index (χ2v) is 9.82. The van der Waals surface area contributed by atoms with Gasteiger partial charge in [-0.3, -0.25) is 14.2 Å². The normalized spacial score (nSPS) is 18.1. The van der Waals surface area contributed by atoms with E-state index in [1.165, 1.54) is 28.6 Å². The fourth-order valence-electron chi connectivity index (χ4n) is 3.94. The van der Waals surface area contributed by atoms with Gasteiger partial charge in [0.1, 0.15) is 4.83 Å². The standard InChI is InChI=1S/C20H27N3O4S2/c1-13(18(24)22-7-11-27-12-8-22)28-20-21-17-16(19(25)23(20)9-10-26-2)14-5-3-4-6-15(14)29-17/h13H,3-12H2,1-2H3. The summed E-state index contributed by atoms with van der Waals surface area (Å²) in [6, 6.07) is 0. The van der Waals surface area contributed by atoms with Crippen molar-refractivity contribution in [2.24, 2.45) is 0 Å². The summed E-state index contributed by atoms with van der Waals surface area (Å²) in [5.74, 6) is 0.0661. The lowest BCUT2D eigenvalue weighted by atomic mass is 9.97. The van der Waals surface area contributed by atoms with E-state index in [0.29, 0.717) is 44.6 Å². The van der Waals surface area contributed by atoms with Gasteiger partial charge in [0, 0.05) is 25.1 Å². The zero-order valence-electron chi connectivity index (χ0n) is 16.9. The number of amides is 1. The molecule has 0 bridgehead atoms. The zero-order chi connectivity index (χ0) is 20.4. The van der Waals surface area contributed by atoms with Crippen LogP contribution in [0.15, 0.2) is 9.95 Å². The van der Waals surface area contributed by atoms with Crippen molar-refractivity contribution in [2.75, 3.05) is 40.0 Å². The van der Waals surface area contributed by atoms with E-state index in [4.69, 9.17) is 14.5 Å². The summed E-state index contributed by atoms with van der Waals surface area (Å²) in [6.45, 7) is 5.13. The van der Waals surface area contributed by atoms with Gasteiger partial charge in [-0.1, -0.05) is 11.8 Å². The maximum Gasteiger partial charge on any atom is 0.263 e. The first kappa shape index (κ1) is 20.8. The fourth-order valence-corrected chi connectivity index (χ4v) is 6.26. The number of morpholine rings is 1. The summed E-state index contributed by atoms with van der Waals surface area (Å²) < 4.78 is 12.3. The van der Waals surface area contributed by atoms with Crippen molar-refractivity contribution < 1.29 is 14.3 Å². The molecule has 2 aromatic rings. The first-order chi connectivity index (χ1) is 14.1. The van der Waals surface area contributed by atoms with E-state index in [-0.39, 0.29) is 16.7 Å². The summed E-state index contributed by atoms with van der Waals surface area (Å²) in [4.78, 5) is 35.0. The highest BCUT2D eigenvalue weighted by molar-refractivity contribution is 8.00. The average Bonchev–Trinajstić information content (AvgIpc) is 3.12. The quantitative estimate of drug-likeness (QED) is 0.510. The molecule has 1 atom stereocenters. The zero-order valence-corrected chi connectivity index (χ0v) is 18.6. The molecule has 2 aromatic heterocycles. The van der Waals surface area contributed by atoms with Gasteiger partial charge < -0.3 is 14.4 Å². The van der Waals surface area contributed by atoms with Gasteiger partial charge in [-0.25, -0.2) is 4.98 Å². The minimum atomic E-state index is -0.319. The Hall–Kier alpha value is -1.42. The molecule has 0 saturated carbocycles. The van der Waals surface area contributed by atoms with Gasteiger partial charge in [-0.15, -0.1) is 11.3 Å². The van der Waals surface area contributed by atoms with E-state index in [0.717, 1.165) is 29.5 Å². The Morgan fingerprint density at radius 3 is 2.83 bits per heavy atom. The van der Waals surface area contributed by atoms with E-state index in [2.05, 4.69) is 0 Å². The van der Waals surface area contributed by atoms with Crippen LogP contribution in [0.1, 0.15) is 30.2 Å². The molecule has 7 nitrogen and oxygen atoms in total. The van der Waals surface area contributed by atoms with Crippen molar-refractivity contribution in [1.82, 2.24) is 14.5 Å². The molecule has 1 amide bonds. The lowest BCUT2D eigenvalue weighted by Gasteiger charge is -2.29. The van der Waals surface area contributed by atoms with Gasteiger partial charge in [0.15, 0.2) is 5.16 Å². The number of nitrogens with zero attached hydrogens (tertiary/aromatic N) is 3. The van der Waals surface area contributed by atoms with Crippen molar-refractivity contribution in [3.05, 3.63) is 20.8 Å². The van der Waals surface area contributed by atoms with E-state index < -0.39 is 0 Å². The molecule has 1 saturated heterocycles. The predicted molar refractivity (Wildman–Crippen MR) is 115 cm³/mol. The number of ether oxygens (including phenoxy) is 2. The largest absolute Gasteiger partial charge is 0.383 e. The molecule has 1 unspecified atom stereocenters. The van der Waals surface area contributed by atoms with Crippen LogP contribution >= 0.6 is 23.1 Å². The number of thioether (sulfide) groups is 1. The topological polar surface area (TPSA) is 73.7 Å². The molecule has 29 heavy (non-hydrogen) atoms. The third-order valence-corrected chi connectivity index (χ3v) is 7.77. The first-order valence-corrected chi connectivity index (χ1v) is 11.9. The molecule has 2 aliphatic rings. The molecule has 0 aromatic carbocycles. The van der Waals surface area contributed by atoms with Crippen LogP contribution < -0.4 is 5.56 Å². The van der Waals surface area contributed by atoms with E-state index >= 15 is 0 Å². The molecule has 4 rings (SSSR count). The number of hydrogen-bond donors (Lipinski definition) is 0. The maximum atomic E-state index is 13.4. The van der Waals surface area contributed by atoms with Crippen LogP contribution in [0.3, 0.4) is 0 Å². The molecule has 9 heteroatoms. The second kappa shape index (κ2) is 9.16. The summed E-state index contributed by atoms with van der Waals surface area (Å²) in [7, 11) is 1.63. The molecule has 3 heterocycles. The molecule has 1 fully saturated rings. The Bertz CT molecular complexity index is 949. The number of thiophene rings is 1. The van der Waals surface area contributed by atoms with Gasteiger partial charge in [0.25, 0.3) is 5.56 Å². The van der Waals surface area contributed by atoms with E-state index in [1.807, 2.05) is 11.8 Å². The maximum absolute atomic E-state index is 13.4. The second-order valence-electron chi connectivity index (χ2n) is 7.43. The minimum absolute atomic E-state index is 0.0000264. The van der Waals surface area contributed by atoms with Gasteiger partial charge in [-0.2, -0.15) is 0 Å². The Balaban J connectivity index is 1.68. The Morgan fingerprint density at radius 1 is 1.31 bits per heavy atom. The number of rotatable bonds is 6. The smallest absolute Gasteiger partial charge is 0.263 e. The van der Waals surface area contributed by atoms with Gasteiger partial charge in [-0.05, 0) is 38.2 Å². The Labute approximate surface area is 178 Å². The van der Waals surface area contributed by atoms with Crippen LogP contribution in [-0.2, 0) is 33.7 Å². The number of aromatic nitrogens is 2. The van der Waals surface area contributed by atoms with Crippen molar-refractivity contribution in [3.8, 4) is 0 Å². The minimum Gasteiger partial charge on any atom is -0.383 e. The molecule has 0 N–H and O–H groups in total. The highest BCUT2D eigenvalue weighted by Gasteiger charge is 2.27. The molecule has 158 valence electrons. The third-order valence-electron chi connectivity index (χ3n) is 5.51. The average molecular weight is 438 g/mol. The molecule has 1 aliphatic heterocycles. The predicted octanol–water partition coefficient (Wildman–Crippen LogP) is 2.32. The van der Waals surface area contributed by atoms with Crippen molar-refractivity contribution in [3.63, 3.8) is 0 Å². The van der Waals surface area contributed by atoms with Crippen LogP contribution in [0.5, 0.6) is 0 Å². The molecular formula is C20H27N3O4S2. The first-order valence-electron chi connectivity index (χ1n) is 10.2. The summed E-state index contributed by atoms with van der Waals surface area (Å²) in [5.41, 5.74) is 1.19. The highest BCUT2D eigenvalue weighted by Crippen LogP contribution is 2.35. The SMILES string of the molecule is COCCn1c(SC(C)C(=O)N2CCOCC2)nc2sc3c(c2c1=O)CCCC3. The summed E-state index contributed by atoms with van der Waals surface area (Å²) in [6.07, 6.45) is 4.28. The van der Waals surface area contributed by atoms with Crippen LogP contribution in [0.2, 0.25) is 0 Å². The molecular weight excluding hydrogens is 410 g/mol. The van der Waals surface area contributed by atoms with Crippen molar-refractivity contribution in [2.45, 2.75) is 49.6 Å². The monoisotopic (exact) mass is 437 g/mol. The molecule has 0 radical (unpaired) electrons. The van der Waals surface area contributed by atoms with Crippen LogP contribution in [0, 0.1) is 0 Å². The van der Waals surface area contributed by atoms with Crippen LogP contribution in [0.25, 0.3) is 10.2 Å². The van der Waals surface area contributed by atoms with Gasteiger partial charge in [0.05, 0.1) is 37.0 Å². The van der Waals surface area contributed by atoms with Gasteiger partial charge in [0.2, 0.25) is 5.91 Å². The summed E-state index contributed by atoms with van der Waals surface area (Å²) in [5, 5.41) is 1.06. The van der Waals surface area contributed by atoms with E-state index in [1.54, 1.807) is 23.0 Å². The van der Waals surface area contributed by atoms with Gasteiger partial charge >= 0.3 is 0 Å².